The minimum Gasteiger partial charge on any atom is -0.508 e. The van der Waals surface area contributed by atoms with Gasteiger partial charge in [-0.25, -0.2) is 4.79 Å². The van der Waals surface area contributed by atoms with Crippen LogP contribution >= 0.6 is 0 Å². The van der Waals surface area contributed by atoms with Crippen LogP contribution in [0.2, 0.25) is 0 Å². The lowest BCUT2D eigenvalue weighted by Gasteiger charge is -2.36. The molecule has 124 valence electrons. The molecule has 0 bridgehead atoms. The Hall–Kier alpha value is -3.27. The first-order chi connectivity index (χ1) is 12.0. The largest absolute Gasteiger partial charge is 0.508 e. The number of carboxylic acids is 1. The number of carboxylic acid groups (broad SMARTS) is 1. The molecular weight excluding hydrogens is 316 g/mol. The van der Waals surface area contributed by atoms with Gasteiger partial charge in [0.2, 0.25) is 0 Å². The zero-order valence-electron chi connectivity index (χ0n) is 13.3. The van der Waals surface area contributed by atoms with Crippen LogP contribution in [0.5, 0.6) is 11.5 Å². The van der Waals surface area contributed by atoms with Crippen LogP contribution in [0, 0.1) is 5.92 Å². The number of benzene rings is 2. The molecule has 2 aromatic rings. The number of phenols is 1. The van der Waals surface area contributed by atoms with E-state index in [-0.39, 0.29) is 23.1 Å². The van der Waals surface area contributed by atoms with Gasteiger partial charge in [-0.05, 0) is 29.3 Å². The maximum Gasteiger partial charge on any atom is 0.335 e. The lowest BCUT2D eigenvalue weighted by Crippen LogP contribution is -2.26. The molecule has 4 nitrogen and oxygen atoms in total. The maximum atomic E-state index is 11.7. The molecule has 1 aliphatic carbocycles. The third kappa shape index (κ3) is 2.52. The Kier molecular flexibility index (Phi) is 3.46. The third-order valence-corrected chi connectivity index (χ3v) is 4.62. The minimum atomic E-state index is -0.961. The van der Waals surface area contributed by atoms with Crippen molar-refractivity contribution in [2.75, 3.05) is 0 Å². The van der Waals surface area contributed by atoms with Crippen LogP contribution in [0.15, 0.2) is 78.6 Å². The Morgan fingerprint density at radius 3 is 2.72 bits per heavy atom. The van der Waals surface area contributed by atoms with Gasteiger partial charge >= 0.3 is 5.97 Å². The van der Waals surface area contributed by atoms with E-state index in [0.29, 0.717) is 11.5 Å². The van der Waals surface area contributed by atoms with Gasteiger partial charge in [-0.15, -0.1) is 0 Å². The summed E-state index contributed by atoms with van der Waals surface area (Å²) in [7, 11) is 0. The number of hydrogen-bond acceptors (Lipinski definition) is 3. The molecule has 2 unspecified atom stereocenters. The van der Waals surface area contributed by atoms with Gasteiger partial charge < -0.3 is 14.9 Å². The summed E-state index contributed by atoms with van der Waals surface area (Å²) in [5.41, 5.74) is 2.66. The molecule has 25 heavy (non-hydrogen) atoms. The summed E-state index contributed by atoms with van der Waals surface area (Å²) < 4.78 is 5.98. The van der Waals surface area contributed by atoms with Crippen LogP contribution in [-0.4, -0.2) is 16.2 Å². The van der Waals surface area contributed by atoms with E-state index >= 15 is 0 Å². The van der Waals surface area contributed by atoms with E-state index in [4.69, 9.17) is 4.74 Å². The second kappa shape index (κ2) is 5.67. The number of allylic oxidation sites excluding steroid dienone is 4. The molecule has 4 rings (SSSR count). The normalized spacial score (nSPS) is 21.0. The first-order valence-electron chi connectivity index (χ1n) is 7.96. The van der Waals surface area contributed by atoms with Crippen LogP contribution in [0.4, 0.5) is 0 Å². The summed E-state index contributed by atoms with van der Waals surface area (Å²) in [5.74, 6) is 0.0484. The molecule has 2 aromatic carbocycles. The molecule has 0 amide bonds. The molecule has 0 aromatic heterocycles. The quantitative estimate of drug-likeness (QED) is 0.863. The Morgan fingerprint density at radius 2 is 1.92 bits per heavy atom. The van der Waals surface area contributed by atoms with E-state index < -0.39 is 5.97 Å². The van der Waals surface area contributed by atoms with E-state index in [1.54, 1.807) is 30.3 Å². The van der Waals surface area contributed by atoms with Gasteiger partial charge in [0.15, 0.2) is 0 Å². The molecule has 4 heteroatoms. The van der Waals surface area contributed by atoms with Crippen LogP contribution < -0.4 is 4.74 Å². The summed E-state index contributed by atoms with van der Waals surface area (Å²) in [4.78, 5) is 11.7. The van der Waals surface area contributed by atoms with Gasteiger partial charge in [0.1, 0.15) is 17.3 Å². The fourth-order valence-corrected chi connectivity index (χ4v) is 3.53. The first kappa shape index (κ1) is 15.3. The zero-order valence-corrected chi connectivity index (χ0v) is 13.3. The number of phenolic OH excluding ortho intramolecular Hbond substituents is 1. The van der Waals surface area contributed by atoms with Gasteiger partial charge in [0.05, 0.1) is 5.56 Å². The highest BCUT2D eigenvalue weighted by molar-refractivity contribution is 5.90. The number of carbonyl (C=O) groups is 1. The molecule has 2 aliphatic rings. The minimum absolute atomic E-state index is 0.105. The van der Waals surface area contributed by atoms with E-state index in [0.717, 1.165) is 16.7 Å². The molecule has 1 aliphatic heterocycles. The molecule has 0 saturated heterocycles. The fourth-order valence-electron chi connectivity index (χ4n) is 3.53. The van der Waals surface area contributed by atoms with E-state index in [9.17, 15) is 15.0 Å². The Morgan fingerprint density at radius 1 is 1.12 bits per heavy atom. The number of rotatable bonds is 2. The molecule has 0 saturated carbocycles. The average Bonchev–Trinajstić information content (AvgIpc) is 2.59. The van der Waals surface area contributed by atoms with Gasteiger partial charge in [0.25, 0.3) is 0 Å². The number of fused-ring (bicyclic) bond motifs is 2. The summed E-state index contributed by atoms with van der Waals surface area (Å²) >= 11 is 0. The van der Waals surface area contributed by atoms with Crippen molar-refractivity contribution in [2.24, 2.45) is 5.92 Å². The number of aromatic hydroxyl groups is 1. The van der Waals surface area contributed by atoms with E-state index in [1.807, 2.05) is 30.4 Å². The van der Waals surface area contributed by atoms with Crippen molar-refractivity contribution in [1.29, 1.82) is 0 Å². The van der Waals surface area contributed by atoms with Crippen molar-refractivity contribution in [1.82, 2.24) is 0 Å². The number of aromatic carboxylic acids is 1. The van der Waals surface area contributed by atoms with Gasteiger partial charge in [-0.3, -0.25) is 0 Å². The van der Waals surface area contributed by atoms with Crippen LogP contribution in [-0.2, 0) is 0 Å². The van der Waals surface area contributed by atoms with Crippen molar-refractivity contribution in [3.8, 4) is 11.5 Å². The smallest absolute Gasteiger partial charge is 0.335 e. The highest BCUT2D eigenvalue weighted by atomic mass is 16.5. The summed E-state index contributed by atoms with van der Waals surface area (Å²) in [5, 5.41) is 19.4. The summed E-state index contributed by atoms with van der Waals surface area (Å²) in [6.07, 6.45) is 5.77. The molecule has 1 heterocycles. The molecule has 2 atom stereocenters. The standard InChI is InChI=1S/C21H16O4/c1-12-6-8-16-18(10-12)25-19-11-13(22)7-9-17(19)20(16)14-4-2-3-5-15(14)21(23)24/h2-11,16,20,22H,1H2,(H,23,24). The summed E-state index contributed by atoms with van der Waals surface area (Å²) in [6.45, 7) is 3.94. The highest BCUT2D eigenvalue weighted by Gasteiger charge is 2.37. The summed E-state index contributed by atoms with van der Waals surface area (Å²) in [6, 6.07) is 12.0. The monoisotopic (exact) mass is 332 g/mol. The third-order valence-electron chi connectivity index (χ3n) is 4.62. The molecule has 2 N–H and O–H groups in total. The van der Waals surface area contributed by atoms with Gasteiger partial charge in [-0.2, -0.15) is 0 Å². The van der Waals surface area contributed by atoms with Crippen molar-refractivity contribution in [2.45, 2.75) is 5.92 Å². The lowest BCUT2D eigenvalue weighted by molar-refractivity contribution is 0.0695. The van der Waals surface area contributed by atoms with Crippen LogP contribution in [0.3, 0.4) is 0 Å². The Bertz CT molecular complexity index is 952. The van der Waals surface area contributed by atoms with Gasteiger partial charge in [0, 0.05) is 23.5 Å². The molecule has 0 spiro atoms. The average molecular weight is 332 g/mol. The van der Waals surface area contributed by atoms with Crippen LogP contribution in [0.25, 0.3) is 0 Å². The van der Waals surface area contributed by atoms with Crippen molar-refractivity contribution < 1.29 is 19.7 Å². The Labute approximate surface area is 145 Å². The van der Waals surface area contributed by atoms with E-state index in [1.165, 1.54) is 0 Å². The zero-order chi connectivity index (χ0) is 17.6. The second-order valence-corrected chi connectivity index (χ2v) is 6.20. The first-order valence-corrected chi connectivity index (χ1v) is 7.96. The maximum absolute atomic E-state index is 11.7. The van der Waals surface area contributed by atoms with Crippen molar-refractivity contribution >= 4 is 5.97 Å². The highest BCUT2D eigenvalue weighted by Crippen LogP contribution is 2.49. The van der Waals surface area contributed by atoms with Gasteiger partial charge in [-0.1, -0.05) is 43.0 Å². The Balaban J connectivity index is 1.97. The molecular formula is C21H16O4. The molecule has 0 fully saturated rings. The molecule has 0 radical (unpaired) electrons. The lowest BCUT2D eigenvalue weighted by atomic mass is 9.74. The van der Waals surface area contributed by atoms with Crippen molar-refractivity contribution in [3.63, 3.8) is 0 Å². The topological polar surface area (TPSA) is 66.8 Å². The van der Waals surface area contributed by atoms with E-state index in [2.05, 4.69) is 6.58 Å². The second-order valence-electron chi connectivity index (χ2n) is 6.20. The number of hydrogen-bond donors (Lipinski definition) is 2. The van der Waals surface area contributed by atoms with Crippen LogP contribution in [0.1, 0.15) is 27.4 Å². The van der Waals surface area contributed by atoms with Crippen molar-refractivity contribution in [3.05, 3.63) is 95.3 Å². The predicted octanol–water partition coefficient (Wildman–Crippen LogP) is 4.24. The predicted molar refractivity (Wildman–Crippen MR) is 93.8 cm³/mol. The fraction of sp³-hybridized carbons (Fsp3) is 0.0952. The number of ether oxygens (including phenoxy) is 1. The SMILES string of the molecule is C=C1C=CC2C(=C1)Oc1cc(O)ccc1C2c1ccccc1C(=O)O.